The highest BCUT2D eigenvalue weighted by atomic mass is 35.5. The summed E-state index contributed by atoms with van der Waals surface area (Å²) in [7, 11) is 1.56. The molecule has 0 aromatic heterocycles. The van der Waals surface area contributed by atoms with Crippen molar-refractivity contribution in [3.8, 4) is 5.75 Å². The number of hydrogen-bond acceptors (Lipinski definition) is 2. The van der Waals surface area contributed by atoms with E-state index in [-0.39, 0.29) is 18.9 Å². The van der Waals surface area contributed by atoms with Gasteiger partial charge in [-0.2, -0.15) is 13.2 Å². The van der Waals surface area contributed by atoms with Crippen LogP contribution >= 0.6 is 11.6 Å². The summed E-state index contributed by atoms with van der Waals surface area (Å²) in [4.78, 5) is 0. The molecule has 1 saturated carbocycles. The van der Waals surface area contributed by atoms with E-state index in [1.807, 2.05) is 0 Å². The van der Waals surface area contributed by atoms with Crippen molar-refractivity contribution in [1.82, 2.24) is 5.32 Å². The molecule has 21 heavy (non-hydrogen) atoms. The standard InChI is InChI=1S/C15H19ClF3NO/c1-21-14-6-5-12(16)7-10(14)9-20-13-4-2-3-11(8-13)15(17,18)19/h5-7,11,13,20H,2-4,8-9H2,1H3. The van der Waals surface area contributed by atoms with Gasteiger partial charge in [-0.15, -0.1) is 0 Å². The van der Waals surface area contributed by atoms with Gasteiger partial charge in [-0.05, 0) is 37.5 Å². The lowest BCUT2D eigenvalue weighted by Gasteiger charge is -2.31. The minimum atomic E-state index is -4.09. The number of methoxy groups -OCH3 is 1. The molecular weight excluding hydrogens is 303 g/mol. The van der Waals surface area contributed by atoms with Gasteiger partial charge in [0.15, 0.2) is 0 Å². The fraction of sp³-hybridized carbons (Fsp3) is 0.600. The van der Waals surface area contributed by atoms with Crippen molar-refractivity contribution in [2.75, 3.05) is 7.11 Å². The van der Waals surface area contributed by atoms with Crippen LogP contribution in [0.15, 0.2) is 18.2 Å². The molecule has 0 radical (unpaired) electrons. The van der Waals surface area contributed by atoms with Crippen molar-refractivity contribution in [2.24, 2.45) is 5.92 Å². The number of ether oxygens (including phenoxy) is 1. The summed E-state index contributed by atoms with van der Waals surface area (Å²) in [5.41, 5.74) is 0.860. The van der Waals surface area contributed by atoms with E-state index in [1.54, 1.807) is 25.3 Å². The van der Waals surface area contributed by atoms with Gasteiger partial charge in [0.25, 0.3) is 0 Å². The smallest absolute Gasteiger partial charge is 0.391 e. The molecule has 1 aromatic carbocycles. The molecule has 1 N–H and O–H groups in total. The van der Waals surface area contributed by atoms with Crippen LogP contribution in [0.25, 0.3) is 0 Å². The van der Waals surface area contributed by atoms with E-state index < -0.39 is 12.1 Å². The predicted molar refractivity (Wildman–Crippen MR) is 76.6 cm³/mol. The molecule has 1 aliphatic carbocycles. The molecule has 0 saturated heterocycles. The quantitative estimate of drug-likeness (QED) is 0.877. The Labute approximate surface area is 127 Å². The zero-order chi connectivity index (χ0) is 15.5. The molecule has 0 spiro atoms. The minimum Gasteiger partial charge on any atom is -0.496 e. The van der Waals surface area contributed by atoms with Crippen molar-refractivity contribution >= 4 is 11.6 Å². The van der Waals surface area contributed by atoms with Crippen LogP contribution in [0, 0.1) is 5.92 Å². The summed E-state index contributed by atoms with van der Waals surface area (Å²) in [5.74, 6) is -0.500. The molecule has 1 fully saturated rings. The fourth-order valence-corrected chi connectivity index (χ4v) is 3.01. The molecule has 6 heteroatoms. The fourth-order valence-electron chi connectivity index (χ4n) is 2.81. The Morgan fingerprint density at radius 1 is 1.33 bits per heavy atom. The Bertz CT molecular complexity index is 478. The van der Waals surface area contributed by atoms with Crippen LogP contribution in [0.3, 0.4) is 0 Å². The van der Waals surface area contributed by atoms with Gasteiger partial charge in [-0.1, -0.05) is 18.0 Å². The molecule has 0 aliphatic heterocycles. The number of alkyl halides is 3. The Kier molecular flexibility index (Phi) is 5.38. The Hall–Kier alpha value is -0.940. The highest BCUT2D eigenvalue weighted by molar-refractivity contribution is 6.30. The van der Waals surface area contributed by atoms with Crippen molar-refractivity contribution in [2.45, 2.75) is 44.4 Å². The topological polar surface area (TPSA) is 21.3 Å². The zero-order valence-electron chi connectivity index (χ0n) is 11.8. The first kappa shape index (κ1) is 16.4. The lowest BCUT2D eigenvalue weighted by Crippen LogP contribution is -2.38. The first-order valence-corrected chi connectivity index (χ1v) is 7.40. The van der Waals surface area contributed by atoms with Gasteiger partial charge in [-0.3, -0.25) is 0 Å². The van der Waals surface area contributed by atoms with Crippen molar-refractivity contribution in [1.29, 1.82) is 0 Å². The number of halogens is 4. The van der Waals surface area contributed by atoms with Gasteiger partial charge in [0.1, 0.15) is 5.75 Å². The average molecular weight is 322 g/mol. The molecule has 0 amide bonds. The van der Waals surface area contributed by atoms with Crippen LogP contribution in [0.1, 0.15) is 31.2 Å². The second kappa shape index (κ2) is 6.88. The van der Waals surface area contributed by atoms with Gasteiger partial charge < -0.3 is 10.1 Å². The summed E-state index contributed by atoms with van der Waals surface area (Å²) in [6.45, 7) is 0.457. The van der Waals surface area contributed by atoms with Crippen molar-refractivity contribution in [3.63, 3.8) is 0 Å². The molecule has 1 aromatic rings. The summed E-state index contributed by atoms with van der Waals surface area (Å²) >= 11 is 5.95. The maximum atomic E-state index is 12.8. The molecule has 0 bridgehead atoms. The van der Waals surface area contributed by atoms with Crippen LogP contribution in [0.4, 0.5) is 13.2 Å². The third-order valence-electron chi connectivity index (χ3n) is 3.96. The number of nitrogens with one attached hydrogen (secondary N) is 1. The summed E-state index contributed by atoms with van der Waals surface area (Å²) in [6, 6.07) is 5.15. The second-order valence-electron chi connectivity index (χ2n) is 5.44. The number of rotatable bonds is 4. The maximum absolute atomic E-state index is 12.8. The SMILES string of the molecule is COc1ccc(Cl)cc1CNC1CCCC(C(F)(F)F)C1. The number of hydrogen-bond donors (Lipinski definition) is 1. The van der Waals surface area contributed by atoms with Gasteiger partial charge >= 0.3 is 6.18 Å². The van der Waals surface area contributed by atoms with E-state index in [1.165, 1.54) is 0 Å². The van der Waals surface area contributed by atoms with Gasteiger partial charge in [-0.25, -0.2) is 0 Å². The first-order valence-electron chi connectivity index (χ1n) is 7.02. The molecule has 0 heterocycles. The molecule has 1 aliphatic rings. The molecule has 2 atom stereocenters. The highest BCUT2D eigenvalue weighted by Gasteiger charge is 2.41. The number of benzene rings is 1. The largest absolute Gasteiger partial charge is 0.496 e. The predicted octanol–water partition coefficient (Wildman–Crippen LogP) is 4.56. The summed E-state index contributed by atoms with van der Waals surface area (Å²) in [6.07, 6.45) is -2.33. The molecule has 118 valence electrons. The second-order valence-corrected chi connectivity index (χ2v) is 5.88. The monoisotopic (exact) mass is 321 g/mol. The molecule has 2 nitrogen and oxygen atoms in total. The van der Waals surface area contributed by atoms with E-state index >= 15 is 0 Å². The average Bonchev–Trinajstić information content (AvgIpc) is 2.45. The van der Waals surface area contributed by atoms with Crippen LogP contribution in [-0.2, 0) is 6.54 Å². The minimum absolute atomic E-state index is 0.117. The summed E-state index contributed by atoms with van der Waals surface area (Å²) in [5, 5.41) is 3.79. The molecule has 2 unspecified atom stereocenters. The van der Waals surface area contributed by atoms with Gasteiger partial charge in [0, 0.05) is 23.2 Å². The van der Waals surface area contributed by atoms with E-state index in [9.17, 15) is 13.2 Å². The van der Waals surface area contributed by atoms with E-state index in [2.05, 4.69) is 5.32 Å². The lowest BCUT2D eigenvalue weighted by atomic mass is 9.85. The maximum Gasteiger partial charge on any atom is 0.391 e. The van der Waals surface area contributed by atoms with Gasteiger partial charge in [0.2, 0.25) is 0 Å². The van der Waals surface area contributed by atoms with Crippen LogP contribution in [-0.4, -0.2) is 19.3 Å². The van der Waals surface area contributed by atoms with Crippen molar-refractivity contribution < 1.29 is 17.9 Å². The van der Waals surface area contributed by atoms with E-state index in [0.717, 1.165) is 12.0 Å². The van der Waals surface area contributed by atoms with Gasteiger partial charge in [0.05, 0.1) is 13.0 Å². The lowest BCUT2D eigenvalue weighted by molar-refractivity contribution is -0.183. The molecule has 2 rings (SSSR count). The molecular formula is C15H19ClF3NO. The zero-order valence-corrected chi connectivity index (χ0v) is 12.6. The van der Waals surface area contributed by atoms with Crippen LogP contribution in [0.5, 0.6) is 5.75 Å². The summed E-state index contributed by atoms with van der Waals surface area (Å²) < 4.78 is 43.6. The normalized spacial score (nSPS) is 23.1. The highest BCUT2D eigenvalue weighted by Crippen LogP contribution is 2.37. The third kappa shape index (κ3) is 4.51. The van der Waals surface area contributed by atoms with E-state index in [4.69, 9.17) is 16.3 Å². The third-order valence-corrected chi connectivity index (χ3v) is 4.20. The Morgan fingerprint density at radius 2 is 2.10 bits per heavy atom. The van der Waals surface area contributed by atoms with Crippen LogP contribution in [0.2, 0.25) is 5.02 Å². The van der Waals surface area contributed by atoms with E-state index in [0.29, 0.717) is 23.7 Å². The van der Waals surface area contributed by atoms with Crippen molar-refractivity contribution in [3.05, 3.63) is 28.8 Å². The van der Waals surface area contributed by atoms with Crippen LogP contribution < -0.4 is 10.1 Å². The Balaban J connectivity index is 1.95. The Morgan fingerprint density at radius 3 is 2.76 bits per heavy atom. The first-order chi connectivity index (χ1) is 9.90.